The third-order valence-corrected chi connectivity index (χ3v) is 7.59. The molecule has 150 valence electrons. The molecule has 0 amide bonds. The Hall–Kier alpha value is -1.67. The molecule has 3 aromatic rings. The van der Waals surface area contributed by atoms with Gasteiger partial charge < -0.3 is 9.55 Å². The molecule has 0 saturated heterocycles. The zero-order valence-corrected chi connectivity index (χ0v) is 18.4. The highest BCUT2D eigenvalue weighted by molar-refractivity contribution is 7.98. The average Bonchev–Trinajstić information content (AvgIpc) is 3.10. The van der Waals surface area contributed by atoms with E-state index in [0.29, 0.717) is 17.5 Å². The van der Waals surface area contributed by atoms with Crippen LogP contribution in [0.1, 0.15) is 61.6 Å². The number of thiophene rings is 1. The van der Waals surface area contributed by atoms with E-state index < -0.39 is 0 Å². The van der Waals surface area contributed by atoms with Crippen LogP contribution in [0.25, 0.3) is 10.2 Å². The Kier molecular flexibility index (Phi) is 5.87. The summed E-state index contributed by atoms with van der Waals surface area (Å²) >= 11 is 3.24. The predicted molar refractivity (Wildman–Crippen MR) is 115 cm³/mol. The first-order valence-corrected chi connectivity index (χ1v) is 11.9. The second kappa shape index (κ2) is 8.37. The van der Waals surface area contributed by atoms with Crippen molar-refractivity contribution in [3.63, 3.8) is 0 Å². The zero-order chi connectivity index (χ0) is 19.7. The average molecular weight is 418 g/mol. The standard InChI is InChI=1S/C20H27N5OS2/c1-4-12(2)10-14-13(3)28-19-17(14)18(26)21-15(22-19)11-27-20-24-23-16-8-6-5-7-9-25(16)20/h12H,4-11H2,1-3H3,(H,21,22,26). The van der Waals surface area contributed by atoms with Gasteiger partial charge in [0.05, 0.1) is 11.1 Å². The van der Waals surface area contributed by atoms with Crippen molar-refractivity contribution in [2.24, 2.45) is 5.92 Å². The maximum Gasteiger partial charge on any atom is 0.259 e. The van der Waals surface area contributed by atoms with E-state index in [1.807, 2.05) is 0 Å². The number of H-pyrrole nitrogens is 1. The molecular weight excluding hydrogens is 390 g/mol. The SMILES string of the molecule is CCC(C)Cc1c(C)sc2nc(CSc3nnc4n3CCCCC4)[nH]c(=O)c12. The number of aromatic amines is 1. The van der Waals surface area contributed by atoms with Crippen LogP contribution in [0.15, 0.2) is 9.95 Å². The summed E-state index contributed by atoms with van der Waals surface area (Å²) in [6, 6.07) is 0. The first-order valence-electron chi connectivity index (χ1n) is 10.1. The molecule has 1 aliphatic heterocycles. The van der Waals surface area contributed by atoms with Gasteiger partial charge in [-0.3, -0.25) is 4.79 Å². The van der Waals surface area contributed by atoms with Crippen LogP contribution < -0.4 is 5.56 Å². The minimum atomic E-state index is -0.0108. The number of thioether (sulfide) groups is 1. The zero-order valence-electron chi connectivity index (χ0n) is 16.7. The van der Waals surface area contributed by atoms with Crippen LogP contribution in [-0.2, 0) is 25.1 Å². The van der Waals surface area contributed by atoms with Gasteiger partial charge in [0.25, 0.3) is 5.56 Å². The molecule has 0 bridgehead atoms. The van der Waals surface area contributed by atoms with Crippen molar-refractivity contribution in [1.82, 2.24) is 24.7 Å². The highest BCUT2D eigenvalue weighted by atomic mass is 32.2. The van der Waals surface area contributed by atoms with Gasteiger partial charge in [0.1, 0.15) is 16.5 Å². The minimum absolute atomic E-state index is 0.0108. The van der Waals surface area contributed by atoms with Gasteiger partial charge in [-0.1, -0.05) is 38.5 Å². The predicted octanol–water partition coefficient (Wildman–Crippen LogP) is 4.49. The van der Waals surface area contributed by atoms with Gasteiger partial charge in [-0.25, -0.2) is 4.98 Å². The van der Waals surface area contributed by atoms with E-state index in [9.17, 15) is 4.79 Å². The second-order valence-electron chi connectivity index (χ2n) is 7.70. The van der Waals surface area contributed by atoms with Gasteiger partial charge >= 0.3 is 0 Å². The number of aromatic nitrogens is 5. The van der Waals surface area contributed by atoms with E-state index in [1.54, 1.807) is 23.1 Å². The molecule has 28 heavy (non-hydrogen) atoms. The van der Waals surface area contributed by atoms with Crippen molar-refractivity contribution in [2.75, 3.05) is 0 Å². The number of hydrogen-bond acceptors (Lipinski definition) is 6. The highest BCUT2D eigenvalue weighted by Gasteiger charge is 2.18. The lowest BCUT2D eigenvalue weighted by atomic mass is 9.98. The summed E-state index contributed by atoms with van der Waals surface area (Å²) in [4.78, 5) is 22.7. The molecule has 0 radical (unpaired) electrons. The maximum absolute atomic E-state index is 12.8. The Morgan fingerprint density at radius 1 is 1.29 bits per heavy atom. The van der Waals surface area contributed by atoms with Gasteiger partial charge in [0.15, 0.2) is 5.16 Å². The van der Waals surface area contributed by atoms with E-state index >= 15 is 0 Å². The van der Waals surface area contributed by atoms with Crippen molar-refractivity contribution in [3.05, 3.63) is 32.4 Å². The Labute approximate surface area is 173 Å². The monoisotopic (exact) mass is 417 g/mol. The maximum atomic E-state index is 12.8. The van der Waals surface area contributed by atoms with Crippen molar-refractivity contribution in [1.29, 1.82) is 0 Å². The van der Waals surface area contributed by atoms with Crippen LogP contribution in [0.5, 0.6) is 0 Å². The summed E-state index contributed by atoms with van der Waals surface area (Å²) in [6.07, 6.45) is 6.66. The molecule has 4 heterocycles. The Bertz CT molecular complexity index is 1040. The van der Waals surface area contributed by atoms with Crippen LogP contribution in [-0.4, -0.2) is 24.7 Å². The molecule has 6 nitrogen and oxygen atoms in total. The summed E-state index contributed by atoms with van der Waals surface area (Å²) in [5, 5.41) is 10.4. The fourth-order valence-corrected chi connectivity index (χ4v) is 5.65. The Morgan fingerprint density at radius 2 is 2.14 bits per heavy atom. The summed E-state index contributed by atoms with van der Waals surface area (Å²) in [5.41, 5.74) is 1.16. The molecule has 0 spiro atoms. The van der Waals surface area contributed by atoms with E-state index in [4.69, 9.17) is 4.98 Å². The molecule has 1 N–H and O–H groups in total. The van der Waals surface area contributed by atoms with Crippen molar-refractivity contribution < 1.29 is 0 Å². The fraction of sp³-hybridized carbons (Fsp3) is 0.600. The largest absolute Gasteiger partial charge is 0.309 e. The molecule has 4 rings (SSSR count). The van der Waals surface area contributed by atoms with E-state index in [-0.39, 0.29) is 5.56 Å². The molecule has 1 atom stereocenters. The molecule has 0 fully saturated rings. The summed E-state index contributed by atoms with van der Waals surface area (Å²) < 4.78 is 2.23. The quantitative estimate of drug-likeness (QED) is 0.598. The van der Waals surface area contributed by atoms with Gasteiger partial charge in [0, 0.05) is 17.8 Å². The third kappa shape index (κ3) is 3.89. The summed E-state index contributed by atoms with van der Waals surface area (Å²) in [5.74, 6) is 2.96. The van der Waals surface area contributed by atoms with Gasteiger partial charge in [-0.05, 0) is 37.7 Å². The highest BCUT2D eigenvalue weighted by Crippen LogP contribution is 2.30. The van der Waals surface area contributed by atoms with Crippen molar-refractivity contribution in [2.45, 2.75) is 76.8 Å². The number of hydrogen-bond donors (Lipinski definition) is 1. The normalized spacial score (nSPS) is 15.5. The molecule has 0 aromatic carbocycles. The number of fused-ring (bicyclic) bond motifs is 2. The smallest absolute Gasteiger partial charge is 0.259 e. The number of nitrogens with zero attached hydrogens (tertiary/aromatic N) is 4. The summed E-state index contributed by atoms with van der Waals surface area (Å²) in [6.45, 7) is 7.51. The lowest BCUT2D eigenvalue weighted by molar-refractivity contribution is 0.561. The van der Waals surface area contributed by atoms with Gasteiger partial charge in [-0.2, -0.15) is 0 Å². The van der Waals surface area contributed by atoms with Crippen LogP contribution in [0, 0.1) is 12.8 Å². The number of nitrogens with one attached hydrogen (secondary N) is 1. The lowest BCUT2D eigenvalue weighted by Gasteiger charge is -2.08. The minimum Gasteiger partial charge on any atom is -0.309 e. The molecule has 0 saturated carbocycles. The second-order valence-corrected chi connectivity index (χ2v) is 9.84. The van der Waals surface area contributed by atoms with Gasteiger partial charge in [-0.15, -0.1) is 21.5 Å². The number of rotatable bonds is 6. The van der Waals surface area contributed by atoms with E-state index in [0.717, 1.165) is 47.0 Å². The van der Waals surface area contributed by atoms with Crippen molar-refractivity contribution in [3.8, 4) is 0 Å². The molecular formula is C20H27N5OS2. The van der Waals surface area contributed by atoms with Crippen LogP contribution >= 0.6 is 23.1 Å². The molecule has 8 heteroatoms. The first-order chi connectivity index (χ1) is 13.6. The molecule has 1 aliphatic rings. The van der Waals surface area contributed by atoms with E-state index in [1.165, 1.54) is 29.7 Å². The fourth-order valence-electron chi connectivity index (χ4n) is 3.72. The molecule has 0 aliphatic carbocycles. The van der Waals surface area contributed by atoms with E-state index in [2.05, 4.69) is 40.5 Å². The Balaban J connectivity index is 1.57. The third-order valence-electron chi connectivity index (χ3n) is 5.57. The molecule has 1 unspecified atom stereocenters. The Morgan fingerprint density at radius 3 is 2.96 bits per heavy atom. The number of aryl methyl sites for hydroxylation is 2. The topological polar surface area (TPSA) is 76.5 Å². The van der Waals surface area contributed by atoms with Crippen LogP contribution in [0.2, 0.25) is 0 Å². The summed E-state index contributed by atoms with van der Waals surface area (Å²) in [7, 11) is 0. The van der Waals surface area contributed by atoms with Crippen LogP contribution in [0.4, 0.5) is 0 Å². The lowest BCUT2D eigenvalue weighted by Crippen LogP contribution is -2.12. The van der Waals surface area contributed by atoms with Crippen LogP contribution in [0.3, 0.4) is 0 Å². The van der Waals surface area contributed by atoms with Gasteiger partial charge in [0.2, 0.25) is 0 Å². The van der Waals surface area contributed by atoms with Crippen molar-refractivity contribution >= 4 is 33.3 Å². The molecule has 3 aromatic heterocycles. The first kappa shape index (κ1) is 19.6.